The molecule has 6 heteroatoms. The first-order valence-corrected chi connectivity index (χ1v) is 8.37. The smallest absolute Gasteiger partial charge is 0.270 e. The highest BCUT2D eigenvalue weighted by Crippen LogP contribution is 2.24. The van der Waals surface area contributed by atoms with Gasteiger partial charge in [-0.25, -0.2) is 0 Å². The van der Waals surface area contributed by atoms with Gasteiger partial charge >= 0.3 is 0 Å². The van der Waals surface area contributed by atoms with E-state index < -0.39 is 5.60 Å². The minimum atomic E-state index is -0.417. The summed E-state index contributed by atoms with van der Waals surface area (Å²) in [5.74, 6) is 0.0699. The van der Waals surface area contributed by atoms with Crippen molar-refractivity contribution < 1.29 is 14.3 Å². The number of aryl methyl sites for hydroxylation is 1. The summed E-state index contributed by atoms with van der Waals surface area (Å²) in [4.78, 5) is 17.1. The Hall–Kier alpha value is -1.37. The van der Waals surface area contributed by atoms with Gasteiger partial charge in [0.2, 0.25) is 0 Å². The third-order valence-corrected chi connectivity index (χ3v) is 4.81. The summed E-state index contributed by atoms with van der Waals surface area (Å²) in [6.07, 6.45) is 1.90. The first kappa shape index (κ1) is 16.5. The highest BCUT2D eigenvalue weighted by Gasteiger charge is 2.42. The summed E-state index contributed by atoms with van der Waals surface area (Å²) in [5, 5.41) is 0. The van der Waals surface area contributed by atoms with Gasteiger partial charge in [0.05, 0.1) is 26.4 Å². The van der Waals surface area contributed by atoms with Crippen molar-refractivity contribution in [2.75, 3.05) is 46.0 Å². The van der Waals surface area contributed by atoms with Crippen molar-refractivity contribution in [2.45, 2.75) is 25.5 Å². The van der Waals surface area contributed by atoms with Crippen LogP contribution in [0.1, 0.15) is 24.3 Å². The lowest BCUT2D eigenvalue weighted by Crippen LogP contribution is -2.60. The molecule has 3 rings (SSSR count). The highest BCUT2D eigenvalue weighted by atomic mass is 16.5. The van der Waals surface area contributed by atoms with Gasteiger partial charge in [0.25, 0.3) is 5.91 Å². The maximum absolute atomic E-state index is 12.8. The molecule has 0 saturated carbocycles. The van der Waals surface area contributed by atoms with Crippen molar-refractivity contribution in [1.29, 1.82) is 0 Å². The van der Waals surface area contributed by atoms with Crippen LogP contribution >= 0.6 is 0 Å². The van der Waals surface area contributed by atoms with Crippen molar-refractivity contribution in [3.05, 3.63) is 24.0 Å². The second-order valence-electron chi connectivity index (χ2n) is 6.88. The van der Waals surface area contributed by atoms with Crippen molar-refractivity contribution in [1.82, 2.24) is 14.4 Å². The molecule has 128 valence electrons. The molecule has 3 heterocycles. The van der Waals surface area contributed by atoms with E-state index in [1.54, 1.807) is 0 Å². The van der Waals surface area contributed by atoms with Gasteiger partial charge in [0.15, 0.2) is 0 Å². The third-order valence-electron chi connectivity index (χ3n) is 4.81. The van der Waals surface area contributed by atoms with E-state index in [-0.39, 0.29) is 5.91 Å². The molecule has 0 aliphatic carbocycles. The first-order chi connectivity index (χ1) is 11.0. The monoisotopic (exact) mass is 321 g/mol. The zero-order chi connectivity index (χ0) is 16.4. The van der Waals surface area contributed by atoms with Crippen LogP contribution in [0.25, 0.3) is 0 Å². The average Bonchev–Trinajstić information content (AvgIpc) is 2.85. The summed E-state index contributed by atoms with van der Waals surface area (Å²) >= 11 is 0. The molecule has 0 unspecified atom stereocenters. The molecule has 1 spiro atoms. The number of amides is 1. The van der Waals surface area contributed by atoms with Crippen molar-refractivity contribution in [3.63, 3.8) is 0 Å². The number of morpholine rings is 1. The van der Waals surface area contributed by atoms with Gasteiger partial charge in [-0.15, -0.1) is 0 Å². The van der Waals surface area contributed by atoms with Crippen LogP contribution in [0.4, 0.5) is 0 Å². The second-order valence-corrected chi connectivity index (χ2v) is 6.88. The molecule has 6 nitrogen and oxygen atoms in total. The van der Waals surface area contributed by atoms with Gasteiger partial charge in [-0.3, -0.25) is 9.69 Å². The molecule has 0 N–H and O–H groups in total. The molecular formula is C17H27N3O3. The first-order valence-electron chi connectivity index (χ1n) is 8.37. The van der Waals surface area contributed by atoms with Gasteiger partial charge in [0, 0.05) is 38.9 Å². The quantitative estimate of drug-likeness (QED) is 0.815. The summed E-state index contributed by atoms with van der Waals surface area (Å²) < 4.78 is 13.8. The molecule has 1 aromatic heterocycles. The number of hydrogen-bond acceptors (Lipinski definition) is 4. The Labute approximate surface area is 137 Å². The topological polar surface area (TPSA) is 46.9 Å². The van der Waals surface area contributed by atoms with E-state index in [9.17, 15) is 4.79 Å². The lowest BCUT2D eigenvalue weighted by Gasteiger charge is -2.44. The number of ether oxygens (including phenoxy) is 2. The fourth-order valence-corrected chi connectivity index (χ4v) is 3.42. The largest absolute Gasteiger partial charge is 0.377 e. The predicted molar refractivity (Wildman–Crippen MR) is 87.5 cm³/mol. The molecule has 23 heavy (non-hydrogen) atoms. The van der Waals surface area contributed by atoms with Crippen LogP contribution in [0, 0.1) is 0 Å². The van der Waals surface area contributed by atoms with Crippen LogP contribution in [0.15, 0.2) is 18.3 Å². The molecule has 1 atom stereocenters. The molecule has 1 aromatic rings. The Morgan fingerprint density at radius 1 is 1.26 bits per heavy atom. The van der Waals surface area contributed by atoms with Crippen LogP contribution in [0.2, 0.25) is 0 Å². The molecule has 0 aromatic carbocycles. The Kier molecular flexibility index (Phi) is 4.75. The maximum Gasteiger partial charge on any atom is 0.270 e. The van der Waals surface area contributed by atoms with E-state index in [0.717, 1.165) is 25.4 Å². The number of carbonyl (C=O) groups is 1. The molecule has 1 amide bonds. The Bertz CT molecular complexity index is 557. The highest BCUT2D eigenvalue weighted by molar-refractivity contribution is 5.92. The summed E-state index contributed by atoms with van der Waals surface area (Å²) in [6.45, 7) is 9.14. The van der Waals surface area contributed by atoms with E-state index >= 15 is 0 Å². The molecule has 2 aliphatic rings. The van der Waals surface area contributed by atoms with Crippen molar-refractivity contribution in [3.8, 4) is 0 Å². The molecule has 2 saturated heterocycles. The Morgan fingerprint density at radius 3 is 2.78 bits per heavy atom. The maximum atomic E-state index is 12.8. The van der Waals surface area contributed by atoms with Gasteiger partial charge in [0.1, 0.15) is 11.3 Å². The van der Waals surface area contributed by atoms with Crippen molar-refractivity contribution >= 4 is 5.91 Å². The molecule has 0 radical (unpaired) electrons. The fourth-order valence-electron chi connectivity index (χ4n) is 3.42. The normalized spacial score (nSPS) is 26.7. The predicted octanol–water partition coefficient (Wildman–Crippen LogP) is 0.977. The number of nitrogens with zero attached hydrogens (tertiary/aromatic N) is 3. The number of hydrogen-bond donors (Lipinski definition) is 0. The van der Waals surface area contributed by atoms with Gasteiger partial charge < -0.3 is 18.9 Å². The Morgan fingerprint density at radius 2 is 2.09 bits per heavy atom. The minimum absolute atomic E-state index is 0.0699. The molecule has 0 bridgehead atoms. The van der Waals surface area contributed by atoms with Crippen LogP contribution in [0.5, 0.6) is 0 Å². The van der Waals surface area contributed by atoms with Crippen LogP contribution < -0.4 is 0 Å². The van der Waals surface area contributed by atoms with E-state index in [0.29, 0.717) is 32.3 Å². The Balaban J connectivity index is 1.76. The number of carbonyl (C=O) groups excluding carboxylic acids is 1. The van der Waals surface area contributed by atoms with E-state index in [4.69, 9.17) is 9.47 Å². The van der Waals surface area contributed by atoms with E-state index in [1.165, 1.54) is 0 Å². The molecule has 2 fully saturated rings. The number of aromatic nitrogens is 1. The van der Waals surface area contributed by atoms with Gasteiger partial charge in [-0.2, -0.15) is 0 Å². The van der Waals surface area contributed by atoms with E-state index in [2.05, 4.69) is 18.7 Å². The molecule has 2 aliphatic heterocycles. The zero-order valence-corrected chi connectivity index (χ0v) is 14.3. The standard InChI is InChI=1S/C17H27N3O3/c1-14(2)19-7-9-22-13-17(11-19)12-20(8-10-23-17)16(21)15-5-4-6-18(15)3/h4-6,14H,7-13H2,1-3H3/t17-/m1/s1. The summed E-state index contributed by atoms with van der Waals surface area (Å²) in [5.41, 5.74) is 0.303. The number of rotatable bonds is 2. The van der Waals surface area contributed by atoms with Crippen LogP contribution in [-0.4, -0.2) is 77.9 Å². The SMILES string of the molecule is CC(C)N1CCOC[C@]2(CN(C(=O)c3cccn3C)CCO2)C1. The summed E-state index contributed by atoms with van der Waals surface area (Å²) in [7, 11) is 1.90. The van der Waals surface area contributed by atoms with Gasteiger partial charge in [-0.05, 0) is 26.0 Å². The third kappa shape index (κ3) is 3.44. The van der Waals surface area contributed by atoms with Crippen LogP contribution in [0.3, 0.4) is 0 Å². The van der Waals surface area contributed by atoms with Crippen LogP contribution in [-0.2, 0) is 16.5 Å². The lowest BCUT2D eigenvalue weighted by atomic mass is 10.0. The minimum Gasteiger partial charge on any atom is -0.377 e. The zero-order valence-electron chi connectivity index (χ0n) is 14.3. The van der Waals surface area contributed by atoms with E-state index in [1.807, 2.05) is 34.8 Å². The van der Waals surface area contributed by atoms with Crippen molar-refractivity contribution in [2.24, 2.45) is 7.05 Å². The summed E-state index contributed by atoms with van der Waals surface area (Å²) in [6, 6.07) is 4.21. The lowest BCUT2D eigenvalue weighted by molar-refractivity contribution is -0.134. The fraction of sp³-hybridized carbons (Fsp3) is 0.706. The second kappa shape index (κ2) is 6.63. The van der Waals surface area contributed by atoms with Gasteiger partial charge in [-0.1, -0.05) is 0 Å². The average molecular weight is 321 g/mol. The molecular weight excluding hydrogens is 294 g/mol.